The summed E-state index contributed by atoms with van der Waals surface area (Å²) in [6.45, 7) is 0. The third-order valence-corrected chi connectivity index (χ3v) is 5.08. The molecule has 0 spiro atoms. The van der Waals surface area contributed by atoms with E-state index in [0.29, 0.717) is 0 Å². The highest BCUT2D eigenvalue weighted by Crippen LogP contribution is 2.32. The zero-order chi connectivity index (χ0) is 12.0. The maximum atomic E-state index is 13.4. The van der Waals surface area contributed by atoms with Crippen LogP contribution >= 0.6 is 56.4 Å². The lowest BCUT2D eigenvalue weighted by atomic mass is 10.3. The predicted molar refractivity (Wildman–Crippen MR) is 59.3 cm³/mol. The Hall–Kier alpha value is 0.677. The molecule has 1 rings (SSSR count). The van der Waals surface area contributed by atoms with Gasteiger partial charge in [-0.05, 0) is 0 Å². The number of benzene rings is 1. The smallest absolute Gasteiger partial charge is 0.205 e. The fourth-order valence-electron chi connectivity index (χ4n) is 0.854. The van der Waals surface area contributed by atoms with Gasteiger partial charge in [0.25, 0.3) is 0 Å². The van der Waals surface area contributed by atoms with Crippen LogP contribution in [0.25, 0.3) is 0 Å². The highest BCUT2D eigenvalue weighted by molar-refractivity contribution is 7.69. The van der Waals surface area contributed by atoms with Crippen LogP contribution in [-0.4, -0.2) is 6.00 Å². The van der Waals surface area contributed by atoms with Crippen molar-refractivity contribution in [3.8, 4) is 0 Å². The van der Waals surface area contributed by atoms with E-state index in [1.165, 1.54) is 0 Å². The van der Waals surface area contributed by atoms with Crippen molar-refractivity contribution in [2.45, 2.75) is 0 Å². The van der Waals surface area contributed by atoms with E-state index >= 15 is 0 Å². The summed E-state index contributed by atoms with van der Waals surface area (Å²) in [6.07, 6.45) is 0. The van der Waals surface area contributed by atoms with Gasteiger partial charge >= 0.3 is 6.00 Å². The minimum Gasteiger partial charge on any atom is -0.205 e. The summed E-state index contributed by atoms with van der Waals surface area (Å²) in [5, 5.41) is -2.65. The molecule has 15 heavy (non-hydrogen) atoms. The topological polar surface area (TPSA) is 0 Å². The van der Waals surface area contributed by atoms with Crippen LogP contribution < -0.4 is 5.19 Å². The van der Waals surface area contributed by atoms with Gasteiger partial charge in [-0.25, -0.2) is 13.2 Å². The molecule has 0 saturated heterocycles. The molecular weight excluding hydrogens is 334 g/mol. The first-order valence-electron chi connectivity index (χ1n) is 3.26. The molecular formula is C6Cl5F3Si. The lowest BCUT2D eigenvalue weighted by Gasteiger charge is -2.13. The second-order valence-corrected chi connectivity index (χ2v) is 11.5. The highest BCUT2D eigenvalue weighted by Gasteiger charge is 2.38. The molecule has 0 radical (unpaired) electrons. The Bertz CT molecular complexity index is 387. The SMILES string of the molecule is Fc1c(F)c(Cl)c([Si](Cl)(Cl)Cl)c(F)c1Cl. The number of rotatable bonds is 1. The number of hydrogen-bond donors (Lipinski definition) is 0. The zero-order valence-corrected chi connectivity index (χ0v) is 11.3. The van der Waals surface area contributed by atoms with Gasteiger partial charge in [0, 0.05) is 5.19 Å². The monoisotopic (exact) mass is 332 g/mol. The van der Waals surface area contributed by atoms with Crippen molar-refractivity contribution in [3.63, 3.8) is 0 Å². The first kappa shape index (κ1) is 13.7. The standard InChI is InChI=1S/C6Cl5F3Si/c7-1-3(12)4(13)2(8)6(5(1)14)15(9,10)11. The molecule has 0 saturated carbocycles. The van der Waals surface area contributed by atoms with Crippen LogP contribution in [0.4, 0.5) is 13.2 Å². The molecule has 0 aliphatic carbocycles. The van der Waals surface area contributed by atoms with Crippen LogP contribution in [0.15, 0.2) is 0 Å². The third-order valence-electron chi connectivity index (χ3n) is 1.49. The van der Waals surface area contributed by atoms with Gasteiger partial charge in [-0.3, -0.25) is 0 Å². The molecule has 0 heterocycles. The average Bonchev–Trinajstić information content (AvgIpc) is 2.09. The molecule has 0 fully saturated rings. The average molecular weight is 334 g/mol. The molecule has 0 bridgehead atoms. The van der Waals surface area contributed by atoms with Crippen molar-refractivity contribution >= 4 is 67.6 Å². The van der Waals surface area contributed by atoms with E-state index in [-0.39, 0.29) is 0 Å². The van der Waals surface area contributed by atoms with Gasteiger partial charge in [-0.2, -0.15) is 0 Å². The zero-order valence-electron chi connectivity index (χ0n) is 6.52. The Labute approximate surface area is 108 Å². The molecule has 84 valence electrons. The normalized spacial score (nSPS) is 12.0. The summed E-state index contributed by atoms with van der Waals surface area (Å²) in [6, 6.07) is -3.79. The van der Waals surface area contributed by atoms with Gasteiger partial charge in [0.2, 0.25) is 0 Å². The van der Waals surface area contributed by atoms with Crippen molar-refractivity contribution in [1.82, 2.24) is 0 Å². The van der Waals surface area contributed by atoms with Gasteiger partial charge in [0.1, 0.15) is 10.8 Å². The Morgan fingerprint density at radius 1 is 0.733 bits per heavy atom. The van der Waals surface area contributed by atoms with Crippen molar-refractivity contribution in [3.05, 3.63) is 27.5 Å². The maximum Gasteiger partial charge on any atom is 0.377 e. The third kappa shape index (κ3) is 2.51. The van der Waals surface area contributed by atoms with Crippen molar-refractivity contribution in [1.29, 1.82) is 0 Å². The second-order valence-electron chi connectivity index (χ2n) is 2.44. The van der Waals surface area contributed by atoms with Crippen LogP contribution in [0.5, 0.6) is 0 Å². The Balaban J connectivity index is 3.68. The van der Waals surface area contributed by atoms with Crippen molar-refractivity contribution in [2.75, 3.05) is 0 Å². The Morgan fingerprint density at radius 3 is 1.53 bits per heavy atom. The molecule has 1 aromatic rings. The summed E-state index contributed by atoms with van der Waals surface area (Å²) in [4.78, 5) is 0. The molecule has 0 aliphatic rings. The van der Waals surface area contributed by atoms with E-state index in [4.69, 9.17) is 56.4 Å². The molecule has 0 aliphatic heterocycles. The van der Waals surface area contributed by atoms with Crippen molar-refractivity contribution < 1.29 is 13.2 Å². The Kier molecular flexibility index (Phi) is 4.13. The van der Waals surface area contributed by atoms with Gasteiger partial charge in [0.15, 0.2) is 11.6 Å². The van der Waals surface area contributed by atoms with E-state index in [2.05, 4.69) is 0 Å². The van der Waals surface area contributed by atoms with E-state index in [1.807, 2.05) is 0 Å². The first-order valence-corrected chi connectivity index (χ1v) is 9.05. The summed E-state index contributed by atoms with van der Waals surface area (Å²) in [7, 11) is 0. The lowest BCUT2D eigenvalue weighted by Crippen LogP contribution is -2.35. The number of hydrogen-bond acceptors (Lipinski definition) is 0. The van der Waals surface area contributed by atoms with E-state index in [0.717, 1.165) is 0 Å². The fraction of sp³-hybridized carbons (Fsp3) is 0. The molecule has 0 amide bonds. The Morgan fingerprint density at radius 2 is 1.13 bits per heavy atom. The fourth-order valence-corrected chi connectivity index (χ4v) is 4.47. The largest absolute Gasteiger partial charge is 0.377 e. The first-order chi connectivity index (χ1) is 6.68. The van der Waals surface area contributed by atoms with Crippen LogP contribution in [0.3, 0.4) is 0 Å². The summed E-state index contributed by atoms with van der Waals surface area (Å²) in [5.41, 5.74) is 0. The van der Waals surface area contributed by atoms with Crippen LogP contribution in [0, 0.1) is 17.5 Å². The summed E-state index contributed by atoms with van der Waals surface area (Å²) < 4.78 is 39.3. The van der Waals surface area contributed by atoms with E-state index < -0.39 is 38.7 Å². The minimum absolute atomic E-state index is 0.682. The molecule has 0 nitrogen and oxygen atoms in total. The minimum atomic E-state index is -3.79. The molecule has 0 unspecified atom stereocenters. The molecule has 0 N–H and O–H groups in total. The van der Waals surface area contributed by atoms with Crippen LogP contribution in [-0.2, 0) is 0 Å². The summed E-state index contributed by atoms with van der Waals surface area (Å²) in [5.74, 6) is -4.48. The van der Waals surface area contributed by atoms with Crippen molar-refractivity contribution in [2.24, 2.45) is 0 Å². The number of halogens is 8. The quantitative estimate of drug-likeness (QED) is 0.311. The van der Waals surface area contributed by atoms with Gasteiger partial charge in [0.05, 0.1) is 5.02 Å². The van der Waals surface area contributed by atoms with Gasteiger partial charge in [-0.1, -0.05) is 23.2 Å². The predicted octanol–water partition coefficient (Wildman–Crippen LogP) is 4.27. The van der Waals surface area contributed by atoms with E-state index in [9.17, 15) is 13.2 Å². The van der Waals surface area contributed by atoms with E-state index in [1.54, 1.807) is 0 Å². The highest BCUT2D eigenvalue weighted by atomic mass is 35.8. The lowest BCUT2D eigenvalue weighted by molar-refractivity contribution is 0.498. The molecule has 0 atom stereocenters. The van der Waals surface area contributed by atoms with Gasteiger partial charge in [-0.15, -0.1) is 33.2 Å². The molecule has 1 aromatic carbocycles. The van der Waals surface area contributed by atoms with Crippen LogP contribution in [0.2, 0.25) is 10.0 Å². The van der Waals surface area contributed by atoms with Crippen LogP contribution in [0.1, 0.15) is 0 Å². The molecule has 0 aromatic heterocycles. The van der Waals surface area contributed by atoms with Gasteiger partial charge < -0.3 is 0 Å². The maximum absolute atomic E-state index is 13.4. The molecule has 9 heteroatoms. The summed E-state index contributed by atoms with van der Waals surface area (Å²) >= 11 is 26.9. The second kappa shape index (κ2) is 4.51.